The summed E-state index contributed by atoms with van der Waals surface area (Å²) in [6, 6.07) is 8.21. The number of aliphatic hydroxyl groups is 1. The van der Waals surface area contributed by atoms with Gasteiger partial charge in [0.05, 0.1) is 6.61 Å². The molecule has 0 unspecified atom stereocenters. The molecule has 90 valence electrons. The fourth-order valence-electron chi connectivity index (χ4n) is 2.29. The first kappa shape index (κ1) is 12.1. The minimum absolute atomic E-state index is 0.0928. The Morgan fingerprint density at radius 2 is 2.00 bits per heavy atom. The first-order valence-corrected chi connectivity index (χ1v) is 6.21. The zero-order valence-electron chi connectivity index (χ0n) is 10.7. The van der Waals surface area contributed by atoms with E-state index in [9.17, 15) is 5.11 Å². The normalized spacial score (nSPS) is 16.6. The Labute approximate surface area is 103 Å². The molecular formula is C16H20O. The number of rotatable bonds is 4. The van der Waals surface area contributed by atoms with Gasteiger partial charge in [0.1, 0.15) is 0 Å². The Balaban J connectivity index is 2.36. The third-order valence-electron chi connectivity index (χ3n) is 3.66. The second-order valence-electron chi connectivity index (χ2n) is 4.89. The van der Waals surface area contributed by atoms with E-state index in [1.807, 2.05) is 12.1 Å². The molecule has 1 aromatic rings. The van der Waals surface area contributed by atoms with Gasteiger partial charge in [-0.15, -0.1) is 0 Å². The molecule has 1 nitrogen and oxygen atoms in total. The van der Waals surface area contributed by atoms with Gasteiger partial charge in [0.25, 0.3) is 0 Å². The molecule has 1 N–H and O–H groups in total. The van der Waals surface area contributed by atoms with Gasteiger partial charge < -0.3 is 5.11 Å². The average Bonchev–Trinajstić information content (AvgIpc) is 3.14. The Morgan fingerprint density at radius 3 is 2.53 bits per heavy atom. The summed E-state index contributed by atoms with van der Waals surface area (Å²) in [6.07, 6.45) is 2.52. The number of aryl methyl sites for hydroxylation is 1. The smallest absolute Gasteiger partial charge is 0.0687 e. The van der Waals surface area contributed by atoms with Crippen molar-refractivity contribution in [3.63, 3.8) is 0 Å². The summed E-state index contributed by atoms with van der Waals surface area (Å²) < 4.78 is 0. The van der Waals surface area contributed by atoms with Crippen molar-refractivity contribution in [3.8, 4) is 0 Å². The van der Waals surface area contributed by atoms with Crippen LogP contribution in [0.2, 0.25) is 0 Å². The molecule has 1 aromatic carbocycles. The molecule has 0 radical (unpaired) electrons. The van der Waals surface area contributed by atoms with Crippen LogP contribution in [0.15, 0.2) is 42.0 Å². The van der Waals surface area contributed by atoms with Gasteiger partial charge in [-0.3, -0.25) is 0 Å². The van der Waals surface area contributed by atoms with Crippen molar-refractivity contribution in [2.24, 2.45) is 5.92 Å². The second kappa shape index (κ2) is 4.89. The highest BCUT2D eigenvalue weighted by Gasteiger charge is 2.26. The molecule has 0 aliphatic heterocycles. The first-order valence-electron chi connectivity index (χ1n) is 6.21. The molecule has 0 heterocycles. The number of benzene rings is 1. The Bertz CT molecular complexity index is 464. The predicted octanol–water partition coefficient (Wildman–Crippen LogP) is 3.73. The van der Waals surface area contributed by atoms with Crippen LogP contribution in [0.5, 0.6) is 0 Å². The van der Waals surface area contributed by atoms with Crippen molar-refractivity contribution in [1.82, 2.24) is 0 Å². The van der Waals surface area contributed by atoms with Gasteiger partial charge in [-0.1, -0.05) is 36.4 Å². The van der Waals surface area contributed by atoms with Crippen molar-refractivity contribution in [2.75, 3.05) is 6.61 Å². The molecule has 0 spiro atoms. The highest BCUT2D eigenvalue weighted by Crippen LogP contribution is 2.40. The van der Waals surface area contributed by atoms with Crippen LogP contribution in [0.25, 0.3) is 5.57 Å². The van der Waals surface area contributed by atoms with Gasteiger partial charge in [0.2, 0.25) is 0 Å². The van der Waals surface area contributed by atoms with Crippen molar-refractivity contribution in [3.05, 3.63) is 53.1 Å². The average molecular weight is 228 g/mol. The summed E-state index contributed by atoms with van der Waals surface area (Å²) in [4.78, 5) is 0. The van der Waals surface area contributed by atoms with Crippen LogP contribution in [0.3, 0.4) is 0 Å². The molecule has 0 bridgehead atoms. The maximum Gasteiger partial charge on any atom is 0.0687 e. The van der Waals surface area contributed by atoms with Gasteiger partial charge in [0.15, 0.2) is 0 Å². The lowest BCUT2D eigenvalue weighted by molar-refractivity contribution is 0.334. The maximum atomic E-state index is 9.58. The molecule has 1 heteroatoms. The van der Waals surface area contributed by atoms with Crippen LogP contribution < -0.4 is 0 Å². The van der Waals surface area contributed by atoms with Gasteiger partial charge in [0, 0.05) is 0 Å². The van der Waals surface area contributed by atoms with E-state index in [-0.39, 0.29) is 6.61 Å². The summed E-state index contributed by atoms with van der Waals surface area (Å²) >= 11 is 0. The zero-order valence-corrected chi connectivity index (χ0v) is 10.7. The highest BCUT2D eigenvalue weighted by atomic mass is 16.3. The topological polar surface area (TPSA) is 20.2 Å². The lowest BCUT2D eigenvalue weighted by Gasteiger charge is -2.14. The van der Waals surface area contributed by atoms with Gasteiger partial charge in [-0.25, -0.2) is 0 Å². The summed E-state index contributed by atoms with van der Waals surface area (Å²) in [6.45, 7) is 8.48. The molecule has 17 heavy (non-hydrogen) atoms. The Hall–Kier alpha value is -1.34. The van der Waals surface area contributed by atoms with E-state index in [2.05, 4.69) is 32.6 Å². The van der Waals surface area contributed by atoms with E-state index in [4.69, 9.17) is 0 Å². The lowest BCUT2D eigenvalue weighted by Crippen LogP contribution is -2.00. The molecule has 1 aliphatic rings. The van der Waals surface area contributed by atoms with Crippen LogP contribution in [-0.2, 0) is 0 Å². The molecule has 0 amide bonds. The Kier molecular flexibility index (Phi) is 3.49. The quantitative estimate of drug-likeness (QED) is 0.779. The molecular weight excluding hydrogens is 208 g/mol. The number of hydrogen-bond donors (Lipinski definition) is 1. The van der Waals surface area contributed by atoms with Crippen molar-refractivity contribution in [1.29, 1.82) is 0 Å². The lowest BCUT2D eigenvalue weighted by atomic mass is 9.92. The second-order valence-corrected chi connectivity index (χ2v) is 4.89. The molecule has 2 rings (SSSR count). The van der Waals surface area contributed by atoms with E-state index < -0.39 is 0 Å². The van der Waals surface area contributed by atoms with E-state index >= 15 is 0 Å². The van der Waals surface area contributed by atoms with Crippen molar-refractivity contribution in [2.45, 2.75) is 26.7 Å². The largest absolute Gasteiger partial charge is 0.392 e. The highest BCUT2D eigenvalue weighted by molar-refractivity contribution is 5.80. The SMILES string of the molecule is C=C(C(CO)=C(C)C1CC1)c1ccccc1C. The monoisotopic (exact) mass is 228 g/mol. The third-order valence-corrected chi connectivity index (χ3v) is 3.66. The number of aliphatic hydroxyl groups excluding tert-OH is 1. The van der Waals surface area contributed by atoms with Crippen molar-refractivity contribution < 1.29 is 5.11 Å². The van der Waals surface area contributed by atoms with Crippen LogP contribution in [0.1, 0.15) is 30.9 Å². The molecule has 0 aromatic heterocycles. The molecule has 0 atom stereocenters. The fourth-order valence-corrected chi connectivity index (χ4v) is 2.29. The fraction of sp³-hybridized carbons (Fsp3) is 0.375. The summed E-state index contributed by atoms with van der Waals surface area (Å²) in [7, 11) is 0. The van der Waals surface area contributed by atoms with Crippen LogP contribution >= 0.6 is 0 Å². The molecule has 1 fully saturated rings. The van der Waals surface area contributed by atoms with E-state index in [1.165, 1.54) is 24.0 Å². The van der Waals surface area contributed by atoms with Gasteiger partial charge in [-0.2, -0.15) is 0 Å². The zero-order chi connectivity index (χ0) is 12.4. The van der Waals surface area contributed by atoms with Crippen LogP contribution in [0.4, 0.5) is 0 Å². The standard InChI is InChI=1S/C16H20O/c1-11-6-4-5-7-15(11)13(3)16(10-17)12(2)14-8-9-14/h4-7,14,17H,3,8-10H2,1-2H3. The van der Waals surface area contributed by atoms with Crippen LogP contribution in [-0.4, -0.2) is 11.7 Å². The maximum absolute atomic E-state index is 9.58. The molecule has 1 aliphatic carbocycles. The molecule has 1 saturated carbocycles. The minimum Gasteiger partial charge on any atom is -0.392 e. The van der Waals surface area contributed by atoms with E-state index in [1.54, 1.807) is 0 Å². The number of allylic oxidation sites excluding steroid dienone is 1. The third kappa shape index (κ3) is 2.50. The Morgan fingerprint density at radius 1 is 1.35 bits per heavy atom. The van der Waals surface area contributed by atoms with E-state index in [0.717, 1.165) is 16.7 Å². The van der Waals surface area contributed by atoms with Crippen LogP contribution in [0, 0.1) is 12.8 Å². The van der Waals surface area contributed by atoms with E-state index in [0.29, 0.717) is 5.92 Å². The summed E-state index contributed by atoms with van der Waals surface area (Å²) in [5.74, 6) is 0.679. The van der Waals surface area contributed by atoms with Crippen molar-refractivity contribution >= 4 is 5.57 Å². The summed E-state index contributed by atoms with van der Waals surface area (Å²) in [5, 5.41) is 9.58. The first-order chi connectivity index (χ1) is 8.15. The molecule has 0 saturated heterocycles. The minimum atomic E-state index is 0.0928. The van der Waals surface area contributed by atoms with Gasteiger partial charge >= 0.3 is 0 Å². The summed E-state index contributed by atoms with van der Waals surface area (Å²) in [5.41, 5.74) is 5.70. The predicted molar refractivity (Wildman–Crippen MR) is 72.7 cm³/mol. The van der Waals surface area contributed by atoms with Gasteiger partial charge in [-0.05, 0) is 54.9 Å². The number of hydrogen-bond acceptors (Lipinski definition) is 1.